The molecule has 2 aromatic carbocycles. The van der Waals surface area contributed by atoms with Gasteiger partial charge in [0.05, 0.1) is 29.3 Å². The van der Waals surface area contributed by atoms with Gasteiger partial charge in [0, 0.05) is 38.3 Å². The van der Waals surface area contributed by atoms with Crippen molar-refractivity contribution in [3.05, 3.63) is 68.8 Å². The van der Waals surface area contributed by atoms with E-state index >= 15 is 0 Å². The van der Waals surface area contributed by atoms with Crippen LogP contribution in [0.15, 0.2) is 47.5 Å². The first-order valence-electron chi connectivity index (χ1n) is 9.76. The summed E-state index contributed by atoms with van der Waals surface area (Å²) in [7, 11) is 1.65. The van der Waals surface area contributed by atoms with Crippen molar-refractivity contribution in [1.29, 1.82) is 0 Å². The van der Waals surface area contributed by atoms with Crippen LogP contribution in [0.4, 0.5) is 11.4 Å². The molecule has 9 heteroatoms. The van der Waals surface area contributed by atoms with E-state index in [1.165, 1.54) is 18.0 Å². The number of benzene rings is 2. The average molecular weight is 409 g/mol. The van der Waals surface area contributed by atoms with Gasteiger partial charge in [-0.3, -0.25) is 19.8 Å². The van der Waals surface area contributed by atoms with Crippen LogP contribution in [0.2, 0.25) is 0 Å². The van der Waals surface area contributed by atoms with E-state index in [2.05, 4.69) is 27.9 Å². The molecular weight excluding hydrogens is 386 g/mol. The summed E-state index contributed by atoms with van der Waals surface area (Å²) in [6.07, 6.45) is 1.31. The van der Waals surface area contributed by atoms with Gasteiger partial charge in [-0.15, -0.1) is 0 Å². The standard InChI is InChI=1S/C21H23N5O4/c1-14(15-4-3-5-16(10-15)30-2)24-6-8-25(9-7-24)19-12-18-17(11-20(19)26(28)29)21(27)23-13-22-18/h3-5,10-14H,6-9H2,1-2H3,(H,22,23,27). The number of nitro groups is 1. The summed E-state index contributed by atoms with van der Waals surface area (Å²) in [5.41, 5.74) is 1.66. The van der Waals surface area contributed by atoms with Gasteiger partial charge in [0.25, 0.3) is 11.2 Å². The van der Waals surface area contributed by atoms with Crippen LogP contribution in [-0.4, -0.2) is 53.1 Å². The number of rotatable bonds is 5. The van der Waals surface area contributed by atoms with E-state index in [0.29, 0.717) is 24.3 Å². The Labute approximate surface area is 173 Å². The molecule has 1 unspecified atom stereocenters. The molecule has 0 radical (unpaired) electrons. The van der Waals surface area contributed by atoms with Crippen LogP contribution in [0.1, 0.15) is 18.5 Å². The number of H-pyrrole nitrogens is 1. The van der Waals surface area contributed by atoms with Crippen molar-refractivity contribution >= 4 is 22.3 Å². The molecule has 2 heterocycles. The maximum absolute atomic E-state index is 12.0. The molecular formula is C21H23N5O4. The van der Waals surface area contributed by atoms with Gasteiger partial charge in [-0.25, -0.2) is 4.98 Å². The van der Waals surface area contributed by atoms with Gasteiger partial charge in [0.15, 0.2) is 0 Å². The minimum Gasteiger partial charge on any atom is -0.497 e. The van der Waals surface area contributed by atoms with Crippen molar-refractivity contribution in [2.45, 2.75) is 13.0 Å². The number of nitrogens with zero attached hydrogens (tertiary/aromatic N) is 4. The predicted molar refractivity (Wildman–Crippen MR) is 114 cm³/mol. The van der Waals surface area contributed by atoms with Crippen LogP contribution >= 0.6 is 0 Å². The summed E-state index contributed by atoms with van der Waals surface area (Å²) in [6, 6.07) is 11.2. The number of methoxy groups -OCH3 is 1. The van der Waals surface area contributed by atoms with Gasteiger partial charge in [0.2, 0.25) is 0 Å². The first kappa shape index (κ1) is 19.8. The van der Waals surface area contributed by atoms with Crippen LogP contribution in [0.25, 0.3) is 10.9 Å². The first-order chi connectivity index (χ1) is 14.5. The van der Waals surface area contributed by atoms with Crippen LogP contribution in [0.3, 0.4) is 0 Å². The quantitative estimate of drug-likeness (QED) is 0.510. The fraction of sp³-hybridized carbons (Fsp3) is 0.333. The number of piperazine rings is 1. The molecule has 0 amide bonds. The largest absolute Gasteiger partial charge is 0.497 e. The zero-order chi connectivity index (χ0) is 21.3. The number of fused-ring (bicyclic) bond motifs is 1. The summed E-state index contributed by atoms with van der Waals surface area (Å²) in [5.74, 6) is 0.826. The molecule has 0 bridgehead atoms. The monoisotopic (exact) mass is 409 g/mol. The summed E-state index contributed by atoms with van der Waals surface area (Å²) in [4.78, 5) is 34.2. The summed E-state index contributed by atoms with van der Waals surface area (Å²) in [6.45, 7) is 4.96. The maximum Gasteiger partial charge on any atom is 0.293 e. The number of hydrogen-bond acceptors (Lipinski definition) is 7. The highest BCUT2D eigenvalue weighted by atomic mass is 16.6. The van der Waals surface area contributed by atoms with Gasteiger partial charge >= 0.3 is 0 Å². The highest BCUT2D eigenvalue weighted by Crippen LogP contribution is 2.33. The zero-order valence-corrected chi connectivity index (χ0v) is 16.9. The molecule has 156 valence electrons. The Morgan fingerprint density at radius 1 is 1.20 bits per heavy atom. The fourth-order valence-electron chi connectivity index (χ4n) is 3.95. The van der Waals surface area contributed by atoms with E-state index in [9.17, 15) is 14.9 Å². The van der Waals surface area contributed by atoms with Gasteiger partial charge in [-0.2, -0.15) is 0 Å². The lowest BCUT2D eigenvalue weighted by atomic mass is 10.1. The Balaban J connectivity index is 1.56. The number of aromatic nitrogens is 2. The third kappa shape index (κ3) is 3.71. The molecule has 30 heavy (non-hydrogen) atoms. The fourth-order valence-corrected chi connectivity index (χ4v) is 3.95. The second-order valence-electron chi connectivity index (χ2n) is 7.32. The van der Waals surface area contributed by atoms with E-state index in [0.717, 1.165) is 18.8 Å². The van der Waals surface area contributed by atoms with Gasteiger partial charge in [0.1, 0.15) is 11.4 Å². The van der Waals surface area contributed by atoms with Crippen molar-refractivity contribution in [3.63, 3.8) is 0 Å². The Morgan fingerprint density at radius 2 is 1.97 bits per heavy atom. The summed E-state index contributed by atoms with van der Waals surface area (Å²) in [5, 5.41) is 11.9. The SMILES string of the molecule is COc1cccc(C(C)N2CCN(c3cc4nc[nH]c(=O)c4cc3[N+](=O)[O-])CC2)c1. The minimum absolute atomic E-state index is 0.0738. The number of nitro benzene ring substituents is 1. The third-order valence-corrected chi connectivity index (χ3v) is 5.71. The lowest BCUT2D eigenvalue weighted by molar-refractivity contribution is -0.384. The Morgan fingerprint density at radius 3 is 2.67 bits per heavy atom. The Hall–Kier alpha value is -3.46. The maximum atomic E-state index is 12.0. The van der Waals surface area contributed by atoms with Crippen molar-refractivity contribution in [3.8, 4) is 5.75 Å². The summed E-state index contributed by atoms with van der Waals surface area (Å²) >= 11 is 0. The number of nitrogens with one attached hydrogen (secondary N) is 1. The number of hydrogen-bond donors (Lipinski definition) is 1. The smallest absolute Gasteiger partial charge is 0.293 e. The van der Waals surface area contributed by atoms with Crippen LogP contribution < -0.4 is 15.2 Å². The second kappa shape index (κ2) is 8.11. The van der Waals surface area contributed by atoms with Crippen LogP contribution in [-0.2, 0) is 0 Å². The Kier molecular flexibility index (Phi) is 5.37. The van der Waals surface area contributed by atoms with E-state index < -0.39 is 4.92 Å². The molecule has 0 saturated carbocycles. The van der Waals surface area contributed by atoms with Crippen molar-refractivity contribution in [1.82, 2.24) is 14.9 Å². The molecule has 4 rings (SSSR count). The second-order valence-corrected chi connectivity index (χ2v) is 7.32. The molecule has 0 spiro atoms. The van der Waals surface area contributed by atoms with Crippen LogP contribution in [0.5, 0.6) is 5.75 Å². The highest BCUT2D eigenvalue weighted by Gasteiger charge is 2.27. The lowest BCUT2D eigenvalue weighted by Gasteiger charge is -2.39. The normalized spacial score (nSPS) is 15.9. The van der Waals surface area contributed by atoms with Crippen molar-refractivity contribution in [2.75, 3.05) is 38.2 Å². The Bertz CT molecular complexity index is 1140. The van der Waals surface area contributed by atoms with Gasteiger partial charge in [-0.05, 0) is 30.7 Å². The van der Waals surface area contributed by atoms with Gasteiger partial charge in [-0.1, -0.05) is 12.1 Å². The van der Waals surface area contributed by atoms with Crippen LogP contribution in [0, 0.1) is 10.1 Å². The summed E-state index contributed by atoms with van der Waals surface area (Å²) < 4.78 is 5.33. The molecule has 3 aromatic rings. The predicted octanol–water partition coefficient (Wildman–Crippen LogP) is 2.72. The average Bonchev–Trinajstić information content (AvgIpc) is 2.78. The number of anilines is 1. The molecule has 1 atom stereocenters. The van der Waals surface area contributed by atoms with E-state index in [1.54, 1.807) is 13.2 Å². The topological polar surface area (TPSA) is 105 Å². The molecule has 1 aliphatic heterocycles. The minimum atomic E-state index is -0.438. The highest BCUT2D eigenvalue weighted by molar-refractivity contribution is 5.87. The molecule has 1 aliphatic rings. The number of ether oxygens (including phenoxy) is 1. The lowest BCUT2D eigenvalue weighted by Crippen LogP contribution is -2.47. The van der Waals surface area contributed by atoms with Gasteiger partial charge < -0.3 is 14.6 Å². The molecule has 1 aromatic heterocycles. The molecule has 1 fully saturated rings. The number of aromatic amines is 1. The molecule has 1 N–H and O–H groups in total. The van der Waals surface area contributed by atoms with E-state index in [-0.39, 0.29) is 22.7 Å². The van der Waals surface area contributed by atoms with Crippen molar-refractivity contribution < 1.29 is 9.66 Å². The third-order valence-electron chi connectivity index (χ3n) is 5.71. The van der Waals surface area contributed by atoms with Crippen molar-refractivity contribution in [2.24, 2.45) is 0 Å². The van der Waals surface area contributed by atoms with E-state index in [4.69, 9.17) is 4.74 Å². The molecule has 1 saturated heterocycles. The first-order valence-corrected chi connectivity index (χ1v) is 9.76. The zero-order valence-electron chi connectivity index (χ0n) is 16.9. The molecule has 9 nitrogen and oxygen atoms in total. The van der Waals surface area contributed by atoms with E-state index in [1.807, 2.05) is 23.1 Å². The molecule has 0 aliphatic carbocycles.